The lowest BCUT2D eigenvalue weighted by Crippen LogP contribution is -2.46. The number of hydrogen-bond donors (Lipinski definition) is 1. The Labute approximate surface area is 117 Å². The highest BCUT2D eigenvalue weighted by atomic mass is 79.9. The first kappa shape index (κ1) is 15.8. The van der Waals surface area contributed by atoms with Crippen molar-refractivity contribution >= 4 is 31.9 Å². The molecule has 1 nitrogen and oxygen atoms in total. The molecule has 0 aliphatic rings. The second-order valence-electron chi connectivity index (χ2n) is 3.72. The summed E-state index contributed by atoms with van der Waals surface area (Å²) in [6.07, 6.45) is -5.69. The second kappa shape index (κ2) is 5.05. The quantitative estimate of drug-likeness (QED) is 0.719. The van der Waals surface area contributed by atoms with Crippen LogP contribution >= 0.6 is 31.9 Å². The van der Waals surface area contributed by atoms with Crippen LogP contribution in [-0.4, -0.2) is 12.1 Å². The van der Waals surface area contributed by atoms with E-state index >= 15 is 0 Å². The lowest BCUT2D eigenvalue weighted by Gasteiger charge is -2.27. The summed E-state index contributed by atoms with van der Waals surface area (Å²) in [5, 5.41) is 0. The van der Waals surface area contributed by atoms with Gasteiger partial charge in [-0.25, -0.2) is 0 Å². The summed E-state index contributed by atoms with van der Waals surface area (Å²) in [4.78, 5) is 0. The molecule has 18 heavy (non-hydrogen) atoms. The number of halogens is 7. The van der Waals surface area contributed by atoms with E-state index in [1.54, 1.807) is 6.92 Å². The number of alkyl halides is 5. The molecule has 1 aromatic rings. The van der Waals surface area contributed by atoms with Gasteiger partial charge in [-0.3, -0.25) is 0 Å². The van der Waals surface area contributed by atoms with Crippen LogP contribution in [0.2, 0.25) is 0 Å². The molecule has 0 amide bonds. The summed E-state index contributed by atoms with van der Waals surface area (Å²) in [6.45, 7) is 1.67. The fraction of sp³-hybridized carbons (Fsp3) is 0.400. The Kier molecular flexibility index (Phi) is 4.45. The standard InChI is InChI=1S/C10H8Br2F5N/c1-4-2-7(12)5(3-6(4)11)8(18)9(13,14)10(15,16)17/h2-3,8H,18H2,1H3. The Bertz CT molecular complexity index is 458. The van der Waals surface area contributed by atoms with Crippen molar-refractivity contribution in [1.82, 2.24) is 0 Å². The van der Waals surface area contributed by atoms with Crippen LogP contribution < -0.4 is 5.73 Å². The van der Waals surface area contributed by atoms with Crippen LogP contribution in [0.4, 0.5) is 22.0 Å². The molecule has 1 rings (SSSR count). The van der Waals surface area contributed by atoms with Gasteiger partial charge in [-0.2, -0.15) is 22.0 Å². The predicted octanol–water partition coefficient (Wildman–Crippen LogP) is 4.72. The monoisotopic (exact) mass is 395 g/mol. The van der Waals surface area contributed by atoms with Crippen LogP contribution in [0, 0.1) is 6.92 Å². The molecule has 0 aliphatic heterocycles. The molecule has 0 saturated carbocycles. The van der Waals surface area contributed by atoms with E-state index in [0.29, 0.717) is 10.0 Å². The fourth-order valence-electron chi connectivity index (χ4n) is 1.27. The highest BCUT2D eigenvalue weighted by Gasteiger charge is 2.62. The molecule has 0 bridgehead atoms. The fourth-order valence-corrected chi connectivity index (χ4v) is 2.34. The van der Waals surface area contributed by atoms with Gasteiger partial charge in [0.15, 0.2) is 0 Å². The van der Waals surface area contributed by atoms with Gasteiger partial charge < -0.3 is 5.73 Å². The first-order valence-corrected chi connectivity index (χ1v) is 6.22. The van der Waals surface area contributed by atoms with E-state index in [4.69, 9.17) is 5.73 Å². The van der Waals surface area contributed by atoms with E-state index in [-0.39, 0.29) is 10.0 Å². The van der Waals surface area contributed by atoms with Crippen LogP contribution in [0.15, 0.2) is 21.1 Å². The number of nitrogens with two attached hydrogens (primary N) is 1. The van der Waals surface area contributed by atoms with Gasteiger partial charge in [-0.05, 0) is 30.2 Å². The lowest BCUT2D eigenvalue weighted by molar-refractivity contribution is -0.291. The van der Waals surface area contributed by atoms with Gasteiger partial charge in [-0.1, -0.05) is 31.9 Å². The van der Waals surface area contributed by atoms with Gasteiger partial charge in [0.1, 0.15) is 6.04 Å². The number of hydrogen-bond acceptors (Lipinski definition) is 1. The summed E-state index contributed by atoms with van der Waals surface area (Å²) >= 11 is 6.00. The molecule has 1 aromatic carbocycles. The van der Waals surface area contributed by atoms with Crippen LogP contribution in [0.25, 0.3) is 0 Å². The van der Waals surface area contributed by atoms with E-state index in [9.17, 15) is 22.0 Å². The molecule has 2 N–H and O–H groups in total. The maximum atomic E-state index is 13.1. The molecular weight excluding hydrogens is 389 g/mol. The molecule has 0 saturated heterocycles. The van der Waals surface area contributed by atoms with Crippen molar-refractivity contribution in [2.45, 2.75) is 25.1 Å². The minimum atomic E-state index is -5.69. The first-order chi connectivity index (χ1) is 7.98. The normalized spacial score (nSPS) is 14.7. The Morgan fingerprint density at radius 3 is 2.00 bits per heavy atom. The van der Waals surface area contributed by atoms with Crippen molar-refractivity contribution in [2.75, 3.05) is 0 Å². The first-order valence-electron chi connectivity index (χ1n) is 4.64. The van der Waals surface area contributed by atoms with Gasteiger partial charge in [0.25, 0.3) is 0 Å². The van der Waals surface area contributed by atoms with Crippen molar-refractivity contribution in [3.8, 4) is 0 Å². The zero-order valence-electron chi connectivity index (χ0n) is 8.96. The summed E-state index contributed by atoms with van der Waals surface area (Å²) in [5.41, 5.74) is 5.44. The molecule has 102 valence electrons. The van der Waals surface area contributed by atoms with Gasteiger partial charge in [0, 0.05) is 8.95 Å². The zero-order valence-corrected chi connectivity index (χ0v) is 12.1. The van der Waals surface area contributed by atoms with E-state index in [1.165, 1.54) is 6.07 Å². The van der Waals surface area contributed by atoms with E-state index in [0.717, 1.165) is 6.07 Å². The van der Waals surface area contributed by atoms with Gasteiger partial charge >= 0.3 is 12.1 Å². The molecular formula is C10H8Br2F5N. The largest absolute Gasteiger partial charge is 0.455 e. The molecule has 0 heterocycles. The summed E-state index contributed by atoms with van der Waals surface area (Å²) in [6, 6.07) is 0.110. The van der Waals surface area contributed by atoms with E-state index in [2.05, 4.69) is 31.9 Å². The van der Waals surface area contributed by atoms with Crippen molar-refractivity contribution in [2.24, 2.45) is 5.73 Å². The molecule has 0 aromatic heterocycles. The Morgan fingerprint density at radius 1 is 1.06 bits per heavy atom. The minimum Gasteiger partial charge on any atom is -0.319 e. The van der Waals surface area contributed by atoms with Crippen LogP contribution in [0.5, 0.6) is 0 Å². The Hall–Kier alpha value is -0.210. The molecule has 0 fully saturated rings. The van der Waals surface area contributed by atoms with Gasteiger partial charge in [0.05, 0.1) is 0 Å². The second-order valence-corrected chi connectivity index (χ2v) is 5.43. The number of aryl methyl sites for hydroxylation is 1. The van der Waals surface area contributed by atoms with Crippen LogP contribution in [-0.2, 0) is 0 Å². The molecule has 8 heteroatoms. The summed E-state index contributed by atoms with van der Waals surface area (Å²) in [7, 11) is 0. The number of rotatable bonds is 2. The SMILES string of the molecule is Cc1cc(Br)c(C(N)C(F)(F)C(F)(F)F)cc1Br. The summed E-state index contributed by atoms with van der Waals surface area (Å²) in [5.74, 6) is -5.00. The molecule has 0 spiro atoms. The zero-order chi connectivity index (χ0) is 14.3. The highest BCUT2D eigenvalue weighted by Crippen LogP contribution is 2.45. The Balaban J connectivity index is 3.27. The topological polar surface area (TPSA) is 26.0 Å². The lowest BCUT2D eigenvalue weighted by atomic mass is 10.00. The number of benzene rings is 1. The van der Waals surface area contributed by atoms with Crippen LogP contribution in [0.3, 0.4) is 0 Å². The van der Waals surface area contributed by atoms with Crippen molar-refractivity contribution in [3.05, 3.63) is 32.2 Å². The van der Waals surface area contributed by atoms with Crippen LogP contribution in [0.1, 0.15) is 17.2 Å². The highest BCUT2D eigenvalue weighted by molar-refractivity contribution is 9.11. The third-order valence-electron chi connectivity index (χ3n) is 2.38. The summed E-state index contributed by atoms with van der Waals surface area (Å²) < 4.78 is 63.5. The molecule has 1 unspecified atom stereocenters. The maximum Gasteiger partial charge on any atom is 0.455 e. The molecule has 1 atom stereocenters. The van der Waals surface area contributed by atoms with E-state index < -0.39 is 18.1 Å². The third-order valence-corrected chi connectivity index (χ3v) is 3.92. The van der Waals surface area contributed by atoms with Crippen molar-refractivity contribution in [1.29, 1.82) is 0 Å². The Morgan fingerprint density at radius 2 is 1.56 bits per heavy atom. The predicted molar refractivity (Wildman–Crippen MR) is 64.5 cm³/mol. The van der Waals surface area contributed by atoms with Crippen molar-refractivity contribution < 1.29 is 22.0 Å². The average Bonchev–Trinajstić information content (AvgIpc) is 2.20. The average molecular weight is 397 g/mol. The third kappa shape index (κ3) is 2.85. The minimum absolute atomic E-state index is 0.111. The smallest absolute Gasteiger partial charge is 0.319 e. The molecule has 0 aliphatic carbocycles. The maximum absolute atomic E-state index is 13.1. The van der Waals surface area contributed by atoms with E-state index in [1.807, 2.05) is 0 Å². The van der Waals surface area contributed by atoms with Gasteiger partial charge in [-0.15, -0.1) is 0 Å². The molecule has 0 radical (unpaired) electrons. The van der Waals surface area contributed by atoms with Crippen molar-refractivity contribution in [3.63, 3.8) is 0 Å². The van der Waals surface area contributed by atoms with Gasteiger partial charge in [0.2, 0.25) is 0 Å².